The maximum atomic E-state index is 11.9. The lowest BCUT2D eigenvalue weighted by Crippen LogP contribution is -2.47. The molecule has 1 rings (SSSR count). The molecule has 1 aliphatic heterocycles. The van der Waals surface area contributed by atoms with E-state index in [2.05, 4.69) is 29.4 Å². The zero-order chi connectivity index (χ0) is 13.5. The van der Waals surface area contributed by atoms with E-state index in [-0.39, 0.29) is 42.7 Å². The Morgan fingerprint density at radius 1 is 1.35 bits per heavy atom. The summed E-state index contributed by atoms with van der Waals surface area (Å²) >= 11 is 0. The quantitative estimate of drug-likeness (QED) is 0.783. The van der Waals surface area contributed by atoms with Crippen molar-refractivity contribution in [3.05, 3.63) is 0 Å². The standard InChI is InChI=1S/C14H29N3O.2ClH/c1-11-6-5-7-17(9-11)10-13(3)16-14(18)12(2)8-15-4;;/h11-13,15H,5-10H2,1-4H3,(H,16,18);2*1H. The highest BCUT2D eigenvalue weighted by Crippen LogP contribution is 2.15. The van der Waals surface area contributed by atoms with Crippen LogP contribution in [-0.4, -0.2) is 50.1 Å². The fraction of sp³-hybridized carbons (Fsp3) is 0.929. The van der Waals surface area contributed by atoms with E-state index in [1.165, 1.54) is 25.9 Å². The molecule has 20 heavy (non-hydrogen) atoms. The van der Waals surface area contributed by atoms with Crippen LogP contribution in [0.1, 0.15) is 33.6 Å². The number of amides is 1. The van der Waals surface area contributed by atoms with Gasteiger partial charge in [0, 0.05) is 31.6 Å². The predicted molar refractivity (Wildman–Crippen MR) is 90.0 cm³/mol. The largest absolute Gasteiger partial charge is 0.352 e. The van der Waals surface area contributed by atoms with Gasteiger partial charge in [0.05, 0.1) is 0 Å². The molecule has 0 aromatic rings. The summed E-state index contributed by atoms with van der Waals surface area (Å²) in [6, 6.07) is 0.238. The van der Waals surface area contributed by atoms with Crippen LogP contribution in [0.4, 0.5) is 0 Å². The van der Waals surface area contributed by atoms with Crippen molar-refractivity contribution in [2.24, 2.45) is 11.8 Å². The van der Waals surface area contributed by atoms with Crippen LogP contribution in [-0.2, 0) is 4.79 Å². The maximum absolute atomic E-state index is 11.9. The van der Waals surface area contributed by atoms with Crippen molar-refractivity contribution in [2.45, 2.75) is 39.7 Å². The summed E-state index contributed by atoms with van der Waals surface area (Å²) in [5.74, 6) is 0.990. The SMILES string of the molecule is CNCC(C)C(=O)NC(C)CN1CCCC(C)C1.Cl.Cl. The van der Waals surface area contributed by atoms with E-state index in [0.717, 1.165) is 19.0 Å². The van der Waals surface area contributed by atoms with Crippen molar-refractivity contribution in [3.63, 3.8) is 0 Å². The molecule has 1 fully saturated rings. The lowest BCUT2D eigenvalue weighted by Gasteiger charge is -2.33. The van der Waals surface area contributed by atoms with Crippen LogP contribution < -0.4 is 10.6 Å². The number of carbonyl (C=O) groups is 1. The van der Waals surface area contributed by atoms with Crippen LogP contribution in [0.15, 0.2) is 0 Å². The van der Waals surface area contributed by atoms with Crippen molar-refractivity contribution in [2.75, 3.05) is 33.2 Å². The molecule has 1 amide bonds. The average molecular weight is 328 g/mol. The molecular weight excluding hydrogens is 297 g/mol. The molecule has 2 N–H and O–H groups in total. The number of nitrogens with one attached hydrogen (secondary N) is 2. The second-order valence-corrected chi connectivity index (χ2v) is 5.88. The van der Waals surface area contributed by atoms with Crippen molar-refractivity contribution >= 4 is 30.7 Å². The van der Waals surface area contributed by atoms with Crippen LogP contribution in [0.25, 0.3) is 0 Å². The fourth-order valence-corrected chi connectivity index (χ4v) is 2.67. The monoisotopic (exact) mass is 327 g/mol. The molecule has 1 heterocycles. The lowest BCUT2D eigenvalue weighted by molar-refractivity contribution is -0.125. The minimum absolute atomic E-state index is 0. The molecule has 0 aromatic carbocycles. The highest BCUT2D eigenvalue weighted by molar-refractivity contribution is 5.85. The first kappa shape index (κ1) is 22.3. The fourth-order valence-electron chi connectivity index (χ4n) is 2.67. The van der Waals surface area contributed by atoms with Gasteiger partial charge >= 0.3 is 0 Å². The summed E-state index contributed by atoms with van der Waals surface area (Å²) in [5.41, 5.74) is 0. The van der Waals surface area contributed by atoms with Gasteiger partial charge in [0.15, 0.2) is 0 Å². The van der Waals surface area contributed by atoms with E-state index in [4.69, 9.17) is 0 Å². The second-order valence-electron chi connectivity index (χ2n) is 5.88. The van der Waals surface area contributed by atoms with E-state index in [1.807, 2.05) is 14.0 Å². The smallest absolute Gasteiger partial charge is 0.224 e. The number of nitrogens with zero attached hydrogens (tertiary/aromatic N) is 1. The van der Waals surface area contributed by atoms with E-state index in [9.17, 15) is 4.79 Å². The van der Waals surface area contributed by atoms with Crippen LogP contribution in [0.5, 0.6) is 0 Å². The van der Waals surface area contributed by atoms with Crippen molar-refractivity contribution in [1.82, 2.24) is 15.5 Å². The molecule has 122 valence electrons. The third-order valence-corrected chi connectivity index (χ3v) is 3.62. The number of rotatable bonds is 6. The lowest BCUT2D eigenvalue weighted by atomic mass is 10.00. The van der Waals surface area contributed by atoms with Gasteiger partial charge in [-0.2, -0.15) is 0 Å². The molecule has 6 heteroatoms. The molecule has 1 aliphatic rings. The van der Waals surface area contributed by atoms with Crippen LogP contribution >= 0.6 is 24.8 Å². The van der Waals surface area contributed by atoms with Crippen LogP contribution in [0.2, 0.25) is 0 Å². The van der Waals surface area contributed by atoms with Gasteiger partial charge < -0.3 is 15.5 Å². The predicted octanol–water partition coefficient (Wildman–Crippen LogP) is 1.92. The summed E-state index contributed by atoms with van der Waals surface area (Å²) in [4.78, 5) is 14.4. The molecule has 0 saturated carbocycles. The Morgan fingerprint density at radius 3 is 2.55 bits per heavy atom. The highest BCUT2D eigenvalue weighted by Gasteiger charge is 2.20. The average Bonchev–Trinajstić information content (AvgIpc) is 2.28. The number of hydrogen-bond acceptors (Lipinski definition) is 3. The van der Waals surface area contributed by atoms with Gasteiger partial charge in [0.2, 0.25) is 5.91 Å². The molecule has 0 radical (unpaired) electrons. The molecule has 4 nitrogen and oxygen atoms in total. The van der Waals surface area contributed by atoms with Crippen LogP contribution in [0, 0.1) is 11.8 Å². The van der Waals surface area contributed by atoms with E-state index < -0.39 is 0 Å². The van der Waals surface area contributed by atoms with E-state index in [0.29, 0.717) is 0 Å². The minimum Gasteiger partial charge on any atom is -0.352 e. The number of likely N-dealkylation sites (tertiary alicyclic amines) is 1. The Labute approximate surface area is 136 Å². The van der Waals surface area contributed by atoms with Gasteiger partial charge in [-0.15, -0.1) is 24.8 Å². The molecule has 0 aromatic heterocycles. The first-order chi connectivity index (χ1) is 8.52. The van der Waals surface area contributed by atoms with Gasteiger partial charge in [-0.25, -0.2) is 0 Å². The third kappa shape index (κ3) is 8.30. The molecule has 0 bridgehead atoms. The van der Waals surface area contributed by atoms with Crippen LogP contribution in [0.3, 0.4) is 0 Å². The first-order valence-corrected chi connectivity index (χ1v) is 7.20. The second kappa shape index (κ2) is 11.6. The maximum Gasteiger partial charge on any atom is 0.224 e. The molecule has 0 aliphatic carbocycles. The van der Waals surface area contributed by atoms with E-state index in [1.54, 1.807) is 0 Å². The van der Waals surface area contributed by atoms with Gasteiger partial charge in [-0.1, -0.05) is 13.8 Å². The van der Waals surface area contributed by atoms with Gasteiger partial charge in [0.25, 0.3) is 0 Å². The summed E-state index contributed by atoms with van der Waals surface area (Å²) in [6.45, 7) is 10.4. The Morgan fingerprint density at radius 2 is 2.00 bits per heavy atom. The molecule has 0 spiro atoms. The minimum atomic E-state index is 0. The number of halogens is 2. The van der Waals surface area contributed by atoms with Gasteiger partial charge in [-0.3, -0.25) is 4.79 Å². The Bertz CT molecular complexity index is 267. The summed E-state index contributed by atoms with van der Waals surface area (Å²) in [6.07, 6.45) is 2.63. The zero-order valence-electron chi connectivity index (χ0n) is 13.1. The van der Waals surface area contributed by atoms with E-state index >= 15 is 0 Å². The third-order valence-electron chi connectivity index (χ3n) is 3.62. The van der Waals surface area contributed by atoms with Crippen molar-refractivity contribution < 1.29 is 4.79 Å². The topological polar surface area (TPSA) is 44.4 Å². The molecule has 3 atom stereocenters. The van der Waals surface area contributed by atoms with Gasteiger partial charge in [-0.05, 0) is 39.3 Å². The summed E-state index contributed by atoms with van der Waals surface area (Å²) < 4.78 is 0. The van der Waals surface area contributed by atoms with Crippen molar-refractivity contribution in [1.29, 1.82) is 0 Å². The molecular formula is C14H31Cl2N3O. The Balaban J connectivity index is 0. The number of carbonyl (C=O) groups excluding carboxylic acids is 1. The van der Waals surface area contributed by atoms with Gasteiger partial charge in [0.1, 0.15) is 0 Å². The first-order valence-electron chi connectivity index (χ1n) is 7.20. The van der Waals surface area contributed by atoms with Crippen molar-refractivity contribution in [3.8, 4) is 0 Å². The molecule has 3 unspecified atom stereocenters. The summed E-state index contributed by atoms with van der Waals surface area (Å²) in [5, 5.41) is 6.14. The number of piperidine rings is 1. The zero-order valence-corrected chi connectivity index (χ0v) is 14.8. The normalized spacial score (nSPS) is 22.1. The molecule has 1 saturated heterocycles. The Hall–Kier alpha value is -0.0300. The highest BCUT2D eigenvalue weighted by atomic mass is 35.5. The Kier molecular flexibility index (Phi) is 12.9. The summed E-state index contributed by atoms with van der Waals surface area (Å²) in [7, 11) is 1.88. The number of hydrogen-bond donors (Lipinski definition) is 2.